The van der Waals surface area contributed by atoms with Crippen molar-refractivity contribution in [2.45, 2.75) is 19.9 Å². The number of nitrogens with two attached hydrogens (primary N) is 1. The molecule has 0 saturated heterocycles. The maximum Gasteiger partial charge on any atom is 0.0556 e. The van der Waals surface area contributed by atoms with Crippen LogP contribution in [0.5, 0.6) is 0 Å². The van der Waals surface area contributed by atoms with E-state index >= 15 is 0 Å². The fourth-order valence-electron chi connectivity index (χ4n) is 1.56. The lowest BCUT2D eigenvalue weighted by molar-refractivity contribution is 0.285. The molecule has 0 amide bonds. The van der Waals surface area contributed by atoms with E-state index < -0.39 is 0 Å². The molecule has 0 bridgehead atoms. The number of aliphatic hydroxyl groups excluding tert-OH is 1. The van der Waals surface area contributed by atoms with Crippen molar-refractivity contribution in [1.82, 2.24) is 5.32 Å². The Morgan fingerprint density at radius 3 is 2.71 bits per heavy atom. The van der Waals surface area contributed by atoms with Gasteiger partial charge in [-0.3, -0.25) is 0 Å². The fourth-order valence-corrected chi connectivity index (χ4v) is 2.54. The summed E-state index contributed by atoms with van der Waals surface area (Å²) in [5, 5.41) is 12.0. The largest absolute Gasteiger partial charge is 0.395 e. The van der Waals surface area contributed by atoms with Gasteiger partial charge in [0.2, 0.25) is 0 Å². The van der Waals surface area contributed by atoms with E-state index in [4.69, 9.17) is 10.8 Å². The van der Waals surface area contributed by atoms with E-state index in [9.17, 15) is 0 Å². The zero-order valence-electron chi connectivity index (χ0n) is 8.71. The highest BCUT2D eigenvalue weighted by molar-refractivity contribution is 7.12. The lowest BCUT2D eigenvalue weighted by Gasteiger charge is -2.15. The summed E-state index contributed by atoms with van der Waals surface area (Å²) in [4.78, 5) is 2.62. The number of hydrogen-bond donors (Lipinski definition) is 3. The van der Waals surface area contributed by atoms with E-state index in [2.05, 4.69) is 25.2 Å². The smallest absolute Gasteiger partial charge is 0.0556 e. The van der Waals surface area contributed by atoms with Gasteiger partial charge in [-0.15, -0.1) is 11.3 Å². The molecular weight excluding hydrogens is 196 g/mol. The van der Waals surface area contributed by atoms with Crippen LogP contribution >= 0.6 is 11.3 Å². The third-order valence-corrected chi connectivity index (χ3v) is 3.17. The maximum atomic E-state index is 8.73. The van der Waals surface area contributed by atoms with E-state index in [0.717, 1.165) is 0 Å². The Kier molecular flexibility index (Phi) is 4.54. The predicted octanol–water partition coefficient (Wildman–Crippen LogP) is 0.947. The molecular formula is C10H18N2OS. The molecule has 4 heteroatoms. The molecule has 0 spiro atoms. The van der Waals surface area contributed by atoms with Gasteiger partial charge < -0.3 is 16.2 Å². The molecule has 80 valence electrons. The normalized spacial score (nSPS) is 13.1. The molecule has 0 aliphatic heterocycles. The number of rotatable bonds is 5. The minimum absolute atomic E-state index is 0.151. The molecule has 0 aliphatic rings. The SMILES string of the molecule is Cc1cc(C(CN)NCCO)c(C)s1. The summed E-state index contributed by atoms with van der Waals surface area (Å²) < 4.78 is 0. The van der Waals surface area contributed by atoms with Crippen LogP contribution in [0.1, 0.15) is 21.4 Å². The summed E-state index contributed by atoms with van der Waals surface area (Å²) in [5.74, 6) is 0. The van der Waals surface area contributed by atoms with E-state index in [1.807, 2.05) is 0 Å². The van der Waals surface area contributed by atoms with Crippen molar-refractivity contribution in [2.75, 3.05) is 19.7 Å². The van der Waals surface area contributed by atoms with Crippen LogP contribution in [0, 0.1) is 13.8 Å². The quantitative estimate of drug-likeness (QED) is 0.684. The van der Waals surface area contributed by atoms with Gasteiger partial charge in [-0.1, -0.05) is 0 Å². The molecule has 1 unspecified atom stereocenters. The van der Waals surface area contributed by atoms with Gasteiger partial charge in [0.1, 0.15) is 0 Å². The van der Waals surface area contributed by atoms with Crippen LogP contribution in [0.4, 0.5) is 0 Å². The Hall–Kier alpha value is -0.420. The first kappa shape index (κ1) is 11.7. The third-order valence-electron chi connectivity index (χ3n) is 2.19. The van der Waals surface area contributed by atoms with Gasteiger partial charge in [-0.25, -0.2) is 0 Å². The monoisotopic (exact) mass is 214 g/mol. The highest BCUT2D eigenvalue weighted by Gasteiger charge is 2.13. The molecule has 1 atom stereocenters. The van der Waals surface area contributed by atoms with E-state index in [1.165, 1.54) is 15.3 Å². The molecule has 0 aliphatic carbocycles. The number of thiophene rings is 1. The molecule has 0 saturated carbocycles. The standard InChI is InChI=1S/C10H18N2OS/c1-7-5-9(8(2)14-7)10(6-11)12-3-4-13/h5,10,12-13H,3-4,6,11H2,1-2H3. The van der Waals surface area contributed by atoms with Crippen molar-refractivity contribution in [3.63, 3.8) is 0 Å². The first-order chi connectivity index (χ1) is 6.69. The van der Waals surface area contributed by atoms with Gasteiger partial charge in [0.25, 0.3) is 0 Å². The molecule has 3 nitrogen and oxygen atoms in total. The van der Waals surface area contributed by atoms with Gasteiger partial charge in [-0.05, 0) is 25.5 Å². The summed E-state index contributed by atoms with van der Waals surface area (Å²) >= 11 is 1.79. The number of nitrogens with one attached hydrogen (secondary N) is 1. The third kappa shape index (κ3) is 2.78. The second kappa shape index (κ2) is 5.46. The van der Waals surface area contributed by atoms with Crippen molar-refractivity contribution in [1.29, 1.82) is 0 Å². The molecule has 1 heterocycles. The fraction of sp³-hybridized carbons (Fsp3) is 0.600. The molecule has 0 aromatic carbocycles. The first-order valence-corrected chi connectivity index (χ1v) is 5.62. The van der Waals surface area contributed by atoms with E-state index in [0.29, 0.717) is 13.1 Å². The van der Waals surface area contributed by atoms with E-state index in [1.54, 1.807) is 11.3 Å². The van der Waals surface area contributed by atoms with Gasteiger partial charge >= 0.3 is 0 Å². The van der Waals surface area contributed by atoms with Gasteiger partial charge in [0.05, 0.1) is 6.61 Å². The van der Waals surface area contributed by atoms with Gasteiger partial charge in [0, 0.05) is 28.9 Å². The average molecular weight is 214 g/mol. The van der Waals surface area contributed by atoms with Crippen LogP contribution in [0.3, 0.4) is 0 Å². The van der Waals surface area contributed by atoms with Crippen LogP contribution in [0.2, 0.25) is 0 Å². The summed E-state index contributed by atoms with van der Waals surface area (Å²) in [7, 11) is 0. The second-order valence-electron chi connectivity index (χ2n) is 3.33. The van der Waals surface area contributed by atoms with Crippen molar-refractivity contribution >= 4 is 11.3 Å². The molecule has 14 heavy (non-hydrogen) atoms. The lowest BCUT2D eigenvalue weighted by Crippen LogP contribution is -2.30. The minimum atomic E-state index is 0.151. The van der Waals surface area contributed by atoms with Crippen molar-refractivity contribution in [3.8, 4) is 0 Å². The Bertz CT molecular complexity index is 286. The van der Waals surface area contributed by atoms with Crippen molar-refractivity contribution in [3.05, 3.63) is 21.4 Å². The Morgan fingerprint density at radius 2 is 2.29 bits per heavy atom. The van der Waals surface area contributed by atoms with Gasteiger partial charge in [-0.2, -0.15) is 0 Å². The topological polar surface area (TPSA) is 58.3 Å². The minimum Gasteiger partial charge on any atom is -0.395 e. The number of aliphatic hydroxyl groups is 1. The predicted molar refractivity (Wildman–Crippen MR) is 60.7 cm³/mol. The maximum absolute atomic E-state index is 8.73. The van der Waals surface area contributed by atoms with Crippen LogP contribution < -0.4 is 11.1 Å². The highest BCUT2D eigenvalue weighted by Crippen LogP contribution is 2.25. The molecule has 1 aromatic heterocycles. The Balaban J connectivity index is 2.72. The van der Waals surface area contributed by atoms with Crippen molar-refractivity contribution < 1.29 is 5.11 Å². The Labute approximate surface area is 88.9 Å². The summed E-state index contributed by atoms with van der Waals surface area (Å²) in [6.45, 7) is 5.52. The lowest BCUT2D eigenvalue weighted by atomic mass is 10.1. The molecule has 0 fully saturated rings. The van der Waals surface area contributed by atoms with Crippen LogP contribution in [-0.2, 0) is 0 Å². The van der Waals surface area contributed by atoms with Gasteiger partial charge in [0.15, 0.2) is 0 Å². The Morgan fingerprint density at radius 1 is 1.57 bits per heavy atom. The molecule has 1 aromatic rings. The molecule has 1 rings (SSSR count). The molecule has 0 radical (unpaired) electrons. The highest BCUT2D eigenvalue weighted by atomic mass is 32.1. The van der Waals surface area contributed by atoms with Crippen LogP contribution in [0.15, 0.2) is 6.07 Å². The van der Waals surface area contributed by atoms with Crippen LogP contribution in [-0.4, -0.2) is 24.8 Å². The number of aryl methyl sites for hydroxylation is 2. The zero-order chi connectivity index (χ0) is 10.6. The first-order valence-electron chi connectivity index (χ1n) is 4.80. The summed E-state index contributed by atoms with van der Waals surface area (Å²) in [6, 6.07) is 2.34. The zero-order valence-corrected chi connectivity index (χ0v) is 9.53. The average Bonchev–Trinajstić information content (AvgIpc) is 2.47. The van der Waals surface area contributed by atoms with Crippen molar-refractivity contribution in [2.24, 2.45) is 5.73 Å². The van der Waals surface area contributed by atoms with E-state index in [-0.39, 0.29) is 12.6 Å². The van der Waals surface area contributed by atoms with Crippen LogP contribution in [0.25, 0.3) is 0 Å². The second-order valence-corrected chi connectivity index (χ2v) is 4.80. The summed E-state index contributed by atoms with van der Waals surface area (Å²) in [6.07, 6.45) is 0. The summed E-state index contributed by atoms with van der Waals surface area (Å²) in [5.41, 5.74) is 6.95. The number of hydrogen-bond acceptors (Lipinski definition) is 4. The molecule has 4 N–H and O–H groups in total.